The van der Waals surface area contributed by atoms with Gasteiger partial charge in [-0.3, -0.25) is 9.69 Å². The first-order valence-electron chi connectivity index (χ1n) is 7.62. The summed E-state index contributed by atoms with van der Waals surface area (Å²) in [5.41, 5.74) is 1.43. The first kappa shape index (κ1) is 19.6. The maximum Gasteiger partial charge on any atom is 0.266 e. The molecule has 2 aromatic rings. The first-order chi connectivity index (χ1) is 12.4. The highest BCUT2D eigenvalue weighted by molar-refractivity contribution is 14.1. The third kappa shape index (κ3) is 4.22. The second-order valence-corrected chi connectivity index (χ2v) is 8.70. The summed E-state index contributed by atoms with van der Waals surface area (Å²) >= 11 is 5.41. The molecule has 0 atom stereocenters. The van der Waals surface area contributed by atoms with Gasteiger partial charge in [-0.15, -0.1) is 0 Å². The highest BCUT2D eigenvalue weighted by atomic mass is 127. The van der Waals surface area contributed by atoms with E-state index >= 15 is 0 Å². The van der Waals surface area contributed by atoms with Crippen molar-refractivity contribution in [3.63, 3.8) is 0 Å². The molecule has 0 radical (unpaired) electrons. The van der Waals surface area contributed by atoms with Crippen LogP contribution in [0.5, 0.6) is 5.75 Å². The van der Waals surface area contributed by atoms with Crippen LogP contribution in [0.15, 0.2) is 46.3 Å². The molecule has 1 amide bonds. The van der Waals surface area contributed by atoms with Gasteiger partial charge in [-0.05, 0) is 112 Å². The van der Waals surface area contributed by atoms with Crippen molar-refractivity contribution in [1.29, 1.82) is 0 Å². The number of benzene rings is 2. The zero-order valence-electron chi connectivity index (χ0n) is 13.5. The minimum Gasteiger partial charge on any atom is -0.506 e. The summed E-state index contributed by atoms with van der Waals surface area (Å²) in [6.45, 7) is 2.38. The normalized spacial score (nSPS) is 17.5. The van der Waals surface area contributed by atoms with Gasteiger partial charge in [0.05, 0.1) is 17.7 Å². The van der Waals surface area contributed by atoms with E-state index in [0.29, 0.717) is 22.3 Å². The Morgan fingerprint density at radius 3 is 2.42 bits per heavy atom. The van der Waals surface area contributed by atoms with E-state index in [9.17, 15) is 14.3 Å². The molecule has 0 saturated carbocycles. The Labute approximate surface area is 181 Å². The van der Waals surface area contributed by atoms with Crippen molar-refractivity contribution in [1.82, 2.24) is 4.90 Å². The Hall–Kier alpha value is -1.14. The molecule has 1 fully saturated rings. The molecule has 4 nitrogen and oxygen atoms in total. The number of thioether (sulfide) groups is 1. The molecule has 0 aliphatic carbocycles. The largest absolute Gasteiger partial charge is 0.506 e. The van der Waals surface area contributed by atoms with Crippen LogP contribution in [0.25, 0.3) is 6.08 Å². The fourth-order valence-electron chi connectivity index (χ4n) is 2.32. The lowest BCUT2D eigenvalue weighted by Crippen LogP contribution is -2.28. The van der Waals surface area contributed by atoms with Gasteiger partial charge in [0, 0.05) is 6.54 Å². The highest BCUT2D eigenvalue weighted by Gasteiger charge is 2.32. The number of amidine groups is 1. The number of carbonyl (C=O) groups excluding carboxylic acids is 1. The Balaban J connectivity index is 1.95. The number of likely N-dealkylation sites (N-methyl/N-ethyl adjacent to an activating group) is 1. The van der Waals surface area contributed by atoms with Gasteiger partial charge in [0.15, 0.2) is 5.17 Å². The van der Waals surface area contributed by atoms with Crippen LogP contribution in [0.3, 0.4) is 0 Å². The smallest absolute Gasteiger partial charge is 0.266 e. The van der Waals surface area contributed by atoms with Crippen LogP contribution in [0.2, 0.25) is 0 Å². The topological polar surface area (TPSA) is 52.9 Å². The summed E-state index contributed by atoms with van der Waals surface area (Å²) < 4.78 is 14.5. The average Bonchev–Trinajstić information content (AvgIpc) is 2.89. The molecule has 0 aromatic heterocycles. The summed E-state index contributed by atoms with van der Waals surface area (Å²) in [5, 5.41) is 10.5. The number of phenols is 1. The van der Waals surface area contributed by atoms with E-state index in [2.05, 4.69) is 50.2 Å². The number of carbonyl (C=O) groups is 1. The minimum atomic E-state index is -0.325. The average molecular weight is 594 g/mol. The molecule has 8 heteroatoms. The number of hydrogen-bond acceptors (Lipinski definition) is 4. The van der Waals surface area contributed by atoms with E-state index in [1.165, 1.54) is 23.9 Å². The third-order valence-corrected chi connectivity index (χ3v) is 6.24. The van der Waals surface area contributed by atoms with Gasteiger partial charge >= 0.3 is 0 Å². The molecule has 1 N–H and O–H groups in total. The molecule has 1 aliphatic heterocycles. The van der Waals surface area contributed by atoms with Gasteiger partial charge < -0.3 is 5.11 Å². The number of hydrogen-bond donors (Lipinski definition) is 1. The third-order valence-electron chi connectivity index (χ3n) is 3.59. The number of aromatic hydroxyl groups is 1. The Morgan fingerprint density at radius 2 is 1.85 bits per heavy atom. The molecule has 2 aromatic carbocycles. The molecular weight excluding hydrogens is 581 g/mol. The van der Waals surface area contributed by atoms with Crippen molar-refractivity contribution < 1.29 is 14.3 Å². The molecule has 134 valence electrons. The van der Waals surface area contributed by atoms with Crippen LogP contribution in [0.1, 0.15) is 12.5 Å². The van der Waals surface area contributed by atoms with E-state index in [1.807, 2.05) is 19.1 Å². The first-order valence-corrected chi connectivity index (χ1v) is 10.6. The highest BCUT2D eigenvalue weighted by Crippen LogP contribution is 2.35. The molecule has 0 spiro atoms. The van der Waals surface area contributed by atoms with Gasteiger partial charge in [0.2, 0.25) is 0 Å². The van der Waals surface area contributed by atoms with E-state index in [0.717, 1.165) is 12.7 Å². The van der Waals surface area contributed by atoms with Gasteiger partial charge in [-0.25, -0.2) is 9.38 Å². The maximum absolute atomic E-state index is 13.1. The maximum atomic E-state index is 13.1. The van der Waals surface area contributed by atoms with Crippen molar-refractivity contribution in [3.05, 3.63) is 59.8 Å². The molecule has 1 aliphatic rings. The quantitative estimate of drug-likeness (QED) is 0.385. The second-order valence-electron chi connectivity index (χ2n) is 5.36. The fourth-order valence-corrected chi connectivity index (χ4v) is 5.19. The Bertz CT molecular complexity index is 906. The van der Waals surface area contributed by atoms with Gasteiger partial charge in [0.1, 0.15) is 11.6 Å². The number of amides is 1. The van der Waals surface area contributed by atoms with E-state index in [1.54, 1.807) is 23.1 Å². The predicted octanol–water partition coefficient (Wildman–Crippen LogP) is 5.36. The van der Waals surface area contributed by atoms with Crippen molar-refractivity contribution in [2.75, 3.05) is 6.54 Å². The fraction of sp³-hybridized carbons (Fsp3) is 0.111. The minimum absolute atomic E-state index is 0.114. The van der Waals surface area contributed by atoms with E-state index in [-0.39, 0.29) is 17.5 Å². The summed E-state index contributed by atoms with van der Waals surface area (Å²) in [5.74, 6) is -0.197. The van der Waals surface area contributed by atoms with Crippen molar-refractivity contribution in [2.24, 2.45) is 4.99 Å². The zero-order chi connectivity index (χ0) is 18.8. The molecular formula is C18H13FI2N2O2S. The number of nitrogens with zero attached hydrogens (tertiary/aromatic N) is 2. The monoisotopic (exact) mass is 594 g/mol. The van der Waals surface area contributed by atoms with Crippen LogP contribution in [0, 0.1) is 13.0 Å². The van der Waals surface area contributed by atoms with E-state index < -0.39 is 0 Å². The number of rotatable bonds is 3. The lowest BCUT2D eigenvalue weighted by molar-refractivity contribution is -0.122. The lowest BCUT2D eigenvalue weighted by Gasteiger charge is -2.11. The summed E-state index contributed by atoms with van der Waals surface area (Å²) in [7, 11) is 0. The van der Waals surface area contributed by atoms with Gasteiger partial charge in [-0.1, -0.05) is 0 Å². The van der Waals surface area contributed by atoms with Crippen LogP contribution in [0.4, 0.5) is 10.1 Å². The van der Waals surface area contributed by atoms with E-state index in [4.69, 9.17) is 0 Å². The lowest BCUT2D eigenvalue weighted by atomic mass is 10.2. The molecule has 3 rings (SSSR count). The standard InChI is InChI=1S/C18H13FI2N2O2S/c1-2-23-17(25)15(9-10-7-13(20)16(24)14(21)8-10)26-18(23)22-12-5-3-11(19)4-6-12/h3-9,24H,2H2,1H3/b15-9+,22-18?. The van der Waals surface area contributed by atoms with Crippen LogP contribution in [-0.2, 0) is 4.79 Å². The van der Waals surface area contributed by atoms with Crippen molar-refractivity contribution in [2.45, 2.75) is 6.92 Å². The van der Waals surface area contributed by atoms with Crippen LogP contribution in [-0.4, -0.2) is 27.6 Å². The Kier molecular flexibility index (Phi) is 6.23. The molecule has 1 heterocycles. The van der Waals surface area contributed by atoms with Crippen LogP contribution < -0.4 is 0 Å². The SMILES string of the molecule is CCN1C(=O)/C(=C\c2cc(I)c(O)c(I)c2)SC1=Nc1ccc(F)cc1. The Morgan fingerprint density at radius 1 is 1.23 bits per heavy atom. The molecule has 0 bridgehead atoms. The van der Waals surface area contributed by atoms with Gasteiger partial charge in [-0.2, -0.15) is 0 Å². The molecule has 26 heavy (non-hydrogen) atoms. The number of phenolic OH excluding ortho intramolecular Hbond substituents is 1. The van der Waals surface area contributed by atoms with Crippen molar-refractivity contribution in [3.8, 4) is 5.75 Å². The van der Waals surface area contributed by atoms with Crippen molar-refractivity contribution >= 4 is 79.8 Å². The van der Waals surface area contributed by atoms with Gasteiger partial charge in [0.25, 0.3) is 5.91 Å². The number of aliphatic imine (C=N–C) groups is 1. The number of halogens is 3. The molecule has 1 saturated heterocycles. The molecule has 0 unspecified atom stereocenters. The summed E-state index contributed by atoms with van der Waals surface area (Å²) in [6.07, 6.45) is 1.80. The summed E-state index contributed by atoms with van der Waals surface area (Å²) in [4.78, 5) is 19.3. The second kappa shape index (κ2) is 8.26. The predicted molar refractivity (Wildman–Crippen MR) is 120 cm³/mol. The summed E-state index contributed by atoms with van der Waals surface area (Å²) in [6, 6.07) is 9.48. The zero-order valence-corrected chi connectivity index (χ0v) is 18.7. The van der Waals surface area contributed by atoms with Crippen LogP contribution >= 0.6 is 56.9 Å².